The van der Waals surface area contributed by atoms with E-state index in [4.69, 9.17) is 0 Å². The fourth-order valence-electron chi connectivity index (χ4n) is 2.70. The van der Waals surface area contributed by atoms with E-state index >= 15 is 0 Å². The molecule has 0 spiro atoms. The van der Waals surface area contributed by atoms with E-state index < -0.39 is 0 Å². The molecule has 1 aromatic rings. The highest BCUT2D eigenvalue weighted by atomic mass is 16.2. The second-order valence-electron chi connectivity index (χ2n) is 5.80. The van der Waals surface area contributed by atoms with E-state index in [0.29, 0.717) is 24.0 Å². The normalized spacial score (nSPS) is 20.8. The Balaban J connectivity index is 1.66. The molecule has 0 radical (unpaired) electrons. The predicted octanol–water partition coefficient (Wildman–Crippen LogP) is 0.717. The molecular formula is C18H16N2O4. The first kappa shape index (κ1) is 15.9. The standard InChI is InChI=1S/C18H16N2O4/c21-15-9-13(17(23)19-15)6-4-11-2-1-3-12(8-11)5-7-14-10-16(22)20-18(14)24/h1-3,6-8H,4-5,9-10H2,(H,19,21,23)(H,20,22,24). The van der Waals surface area contributed by atoms with Crippen LogP contribution in [0, 0.1) is 0 Å². The SMILES string of the molecule is O=C1CC(=CCc2cccc(CC=C3CC(=O)NC3=O)c2)C(=O)N1. The summed E-state index contributed by atoms with van der Waals surface area (Å²) in [5.74, 6) is -1.18. The molecule has 2 fully saturated rings. The van der Waals surface area contributed by atoms with Gasteiger partial charge in [0.05, 0.1) is 12.8 Å². The Morgan fingerprint density at radius 2 is 1.25 bits per heavy atom. The van der Waals surface area contributed by atoms with Crippen LogP contribution in [0.3, 0.4) is 0 Å². The van der Waals surface area contributed by atoms with E-state index in [9.17, 15) is 19.2 Å². The van der Waals surface area contributed by atoms with Crippen molar-refractivity contribution in [2.45, 2.75) is 25.7 Å². The van der Waals surface area contributed by atoms with Gasteiger partial charge in [-0.05, 0) is 24.0 Å². The van der Waals surface area contributed by atoms with Crippen molar-refractivity contribution in [1.29, 1.82) is 0 Å². The maximum atomic E-state index is 11.5. The molecule has 122 valence electrons. The number of allylic oxidation sites excluding steroid dienone is 2. The Bertz CT molecular complexity index is 742. The van der Waals surface area contributed by atoms with Crippen LogP contribution in [0.4, 0.5) is 0 Å². The zero-order chi connectivity index (χ0) is 17.1. The van der Waals surface area contributed by atoms with E-state index in [1.165, 1.54) is 0 Å². The number of rotatable bonds is 4. The largest absolute Gasteiger partial charge is 0.292 e. The zero-order valence-electron chi connectivity index (χ0n) is 12.9. The maximum absolute atomic E-state index is 11.5. The zero-order valence-corrected chi connectivity index (χ0v) is 12.9. The molecule has 2 aliphatic heterocycles. The van der Waals surface area contributed by atoms with E-state index in [1.54, 1.807) is 12.2 Å². The number of amides is 4. The maximum Gasteiger partial charge on any atom is 0.253 e. The van der Waals surface area contributed by atoms with Crippen molar-refractivity contribution in [3.8, 4) is 0 Å². The van der Waals surface area contributed by atoms with Crippen molar-refractivity contribution >= 4 is 23.6 Å². The molecule has 0 saturated carbocycles. The molecule has 0 unspecified atom stereocenters. The van der Waals surface area contributed by atoms with Gasteiger partial charge in [-0.1, -0.05) is 36.4 Å². The summed E-state index contributed by atoms with van der Waals surface area (Å²) in [7, 11) is 0. The van der Waals surface area contributed by atoms with Crippen LogP contribution in [0.5, 0.6) is 0 Å². The smallest absolute Gasteiger partial charge is 0.253 e. The minimum Gasteiger partial charge on any atom is -0.292 e. The first-order valence-corrected chi connectivity index (χ1v) is 7.65. The van der Waals surface area contributed by atoms with Crippen LogP contribution in [-0.2, 0) is 32.0 Å². The van der Waals surface area contributed by atoms with Gasteiger partial charge in [-0.3, -0.25) is 29.8 Å². The lowest BCUT2D eigenvalue weighted by molar-refractivity contribution is -0.125. The molecule has 2 heterocycles. The minimum atomic E-state index is -0.321. The lowest BCUT2D eigenvalue weighted by Crippen LogP contribution is -2.19. The van der Waals surface area contributed by atoms with Gasteiger partial charge in [-0.25, -0.2) is 0 Å². The first-order valence-electron chi connectivity index (χ1n) is 7.65. The highest BCUT2D eigenvalue weighted by Gasteiger charge is 2.24. The molecule has 0 bridgehead atoms. The Kier molecular flexibility index (Phi) is 4.37. The highest BCUT2D eigenvalue weighted by Crippen LogP contribution is 2.15. The van der Waals surface area contributed by atoms with Gasteiger partial charge in [0.1, 0.15) is 0 Å². The average Bonchev–Trinajstić information content (AvgIpc) is 3.04. The number of hydrogen-bond acceptors (Lipinski definition) is 4. The summed E-state index contributed by atoms with van der Waals surface area (Å²) in [6.45, 7) is 0. The van der Waals surface area contributed by atoms with Crippen LogP contribution in [0.1, 0.15) is 24.0 Å². The summed E-state index contributed by atoms with van der Waals surface area (Å²) in [4.78, 5) is 45.3. The quantitative estimate of drug-likeness (QED) is 0.630. The molecule has 2 saturated heterocycles. The monoisotopic (exact) mass is 324 g/mol. The summed E-state index contributed by atoms with van der Waals surface area (Å²) < 4.78 is 0. The molecule has 0 atom stereocenters. The van der Waals surface area contributed by atoms with Crippen LogP contribution in [0.25, 0.3) is 0 Å². The van der Waals surface area contributed by atoms with Crippen LogP contribution in [-0.4, -0.2) is 23.6 Å². The molecule has 2 aliphatic rings. The van der Waals surface area contributed by atoms with Crippen molar-refractivity contribution in [1.82, 2.24) is 10.6 Å². The van der Waals surface area contributed by atoms with Crippen molar-refractivity contribution in [2.75, 3.05) is 0 Å². The molecule has 0 aromatic heterocycles. The van der Waals surface area contributed by atoms with Crippen LogP contribution in [0.2, 0.25) is 0 Å². The fourth-order valence-corrected chi connectivity index (χ4v) is 2.70. The van der Waals surface area contributed by atoms with Gasteiger partial charge in [0, 0.05) is 11.1 Å². The van der Waals surface area contributed by atoms with Crippen LogP contribution < -0.4 is 10.6 Å². The summed E-state index contributed by atoms with van der Waals surface area (Å²) in [6, 6.07) is 7.77. The lowest BCUT2D eigenvalue weighted by Gasteiger charge is -2.02. The molecule has 1 aromatic carbocycles. The van der Waals surface area contributed by atoms with Gasteiger partial charge >= 0.3 is 0 Å². The van der Waals surface area contributed by atoms with Crippen molar-refractivity contribution < 1.29 is 19.2 Å². The molecule has 3 rings (SSSR count). The van der Waals surface area contributed by atoms with Gasteiger partial charge in [0.25, 0.3) is 11.8 Å². The molecule has 2 N–H and O–H groups in total. The summed E-state index contributed by atoms with van der Waals surface area (Å²) in [5, 5.41) is 4.51. The average molecular weight is 324 g/mol. The highest BCUT2D eigenvalue weighted by molar-refractivity contribution is 6.13. The molecular weight excluding hydrogens is 308 g/mol. The summed E-state index contributed by atoms with van der Waals surface area (Å²) >= 11 is 0. The lowest BCUT2D eigenvalue weighted by atomic mass is 10.0. The van der Waals surface area contributed by atoms with Gasteiger partial charge in [0.15, 0.2) is 0 Å². The number of carbonyl (C=O) groups excluding carboxylic acids is 4. The fraction of sp³-hybridized carbons (Fsp3) is 0.222. The van der Waals surface area contributed by atoms with Crippen molar-refractivity contribution in [3.05, 3.63) is 58.7 Å². The first-order chi connectivity index (χ1) is 11.5. The van der Waals surface area contributed by atoms with E-state index in [2.05, 4.69) is 10.6 Å². The number of imide groups is 2. The Hall–Kier alpha value is -3.02. The molecule has 0 aliphatic carbocycles. The number of nitrogens with one attached hydrogen (secondary N) is 2. The Morgan fingerprint density at radius 3 is 1.62 bits per heavy atom. The van der Waals surface area contributed by atoms with E-state index in [0.717, 1.165) is 11.1 Å². The third kappa shape index (κ3) is 3.65. The van der Waals surface area contributed by atoms with E-state index in [-0.39, 0.29) is 36.5 Å². The number of hydrogen-bond donors (Lipinski definition) is 2. The topological polar surface area (TPSA) is 92.3 Å². The minimum absolute atomic E-state index is 0.133. The Morgan fingerprint density at radius 1 is 0.792 bits per heavy atom. The second-order valence-corrected chi connectivity index (χ2v) is 5.80. The van der Waals surface area contributed by atoms with Crippen molar-refractivity contribution in [2.24, 2.45) is 0 Å². The molecule has 4 amide bonds. The van der Waals surface area contributed by atoms with Crippen molar-refractivity contribution in [3.63, 3.8) is 0 Å². The third-order valence-electron chi connectivity index (χ3n) is 3.95. The number of benzene rings is 1. The molecule has 24 heavy (non-hydrogen) atoms. The molecule has 6 nitrogen and oxygen atoms in total. The third-order valence-corrected chi connectivity index (χ3v) is 3.95. The number of carbonyl (C=O) groups is 4. The summed E-state index contributed by atoms with van der Waals surface area (Å²) in [6.07, 6.45) is 4.90. The Labute approximate surface area is 138 Å². The van der Waals surface area contributed by atoms with Crippen LogP contribution in [0.15, 0.2) is 47.6 Å². The van der Waals surface area contributed by atoms with E-state index in [1.807, 2.05) is 24.3 Å². The van der Waals surface area contributed by atoms with Gasteiger partial charge in [-0.2, -0.15) is 0 Å². The van der Waals surface area contributed by atoms with Gasteiger partial charge < -0.3 is 0 Å². The predicted molar refractivity (Wildman–Crippen MR) is 85.5 cm³/mol. The van der Waals surface area contributed by atoms with Gasteiger partial charge in [-0.15, -0.1) is 0 Å². The molecule has 6 heteroatoms. The second kappa shape index (κ2) is 6.62. The van der Waals surface area contributed by atoms with Gasteiger partial charge in [0.2, 0.25) is 11.8 Å². The van der Waals surface area contributed by atoms with Crippen LogP contribution >= 0.6 is 0 Å². The summed E-state index contributed by atoms with van der Waals surface area (Å²) in [5.41, 5.74) is 3.01.